The SMILES string of the molecule is COc1ccccc1CNC(=O)CN1C(=O)COc2ccc(S(=O)(=O)N3CCOCC3)cc21. The summed E-state index contributed by atoms with van der Waals surface area (Å²) in [7, 11) is -2.23. The van der Waals surface area contributed by atoms with Crippen molar-refractivity contribution in [3.63, 3.8) is 0 Å². The van der Waals surface area contributed by atoms with E-state index in [0.29, 0.717) is 24.7 Å². The fourth-order valence-corrected chi connectivity index (χ4v) is 5.12. The molecule has 2 aliphatic heterocycles. The van der Waals surface area contributed by atoms with Crippen LogP contribution >= 0.6 is 0 Å². The van der Waals surface area contributed by atoms with Crippen LogP contribution in [0.2, 0.25) is 0 Å². The molecule has 4 rings (SSSR count). The second kappa shape index (κ2) is 9.77. The van der Waals surface area contributed by atoms with E-state index < -0.39 is 21.8 Å². The number of ether oxygens (including phenoxy) is 3. The number of morpholine rings is 1. The number of sulfonamides is 1. The first-order valence-corrected chi connectivity index (χ1v) is 11.9. The molecular formula is C22H25N3O7S. The molecule has 176 valence electrons. The summed E-state index contributed by atoms with van der Waals surface area (Å²) >= 11 is 0. The highest BCUT2D eigenvalue weighted by molar-refractivity contribution is 7.89. The number of rotatable bonds is 7. The van der Waals surface area contributed by atoms with Gasteiger partial charge in [0.15, 0.2) is 6.61 Å². The Morgan fingerprint density at radius 1 is 1.15 bits per heavy atom. The van der Waals surface area contributed by atoms with Gasteiger partial charge in [-0.2, -0.15) is 4.31 Å². The zero-order chi connectivity index (χ0) is 23.4. The first-order chi connectivity index (χ1) is 15.9. The van der Waals surface area contributed by atoms with Crippen LogP contribution in [0, 0.1) is 0 Å². The summed E-state index contributed by atoms with van der Waals surface area (Å²) in [6.07, 6.45) is 0. The van der Waals surface area contributed by atoms with Gasteiger partial charge in [0, 0.05) is 25.2 Å². The van der Waals surface area contributed by atoms with Crippen molar-refractivity contribution >= 4 is 27.5 Å². The van der Waals surface area contributed by atoms with Gasteiger partial charge < -0.3 is 19.5 Å². The van der Waals surface area contributed by atoms with Crippen LogP contribution < -0.4 is 19.7 Å². The predicted molar refractivity (Wildman–Crippen MR) is 119 cm³/mol. The molecule has 11 heteroatoms. The maximum atomic E-state index is 13.0. The molecule has 1 saturated heterocycles. The topological polar surface area (TPSA) is 114 Å². The molecule has 0 unspecified atom stereocenters. The minimum atomic E-state index is -3.77. The number of amides is 2. The molecule has 33 heavy (non-hydrogen) atoms. The van der Waals surface area contributed by atoms with E-state index in [1.807, 2.05) is 18.2 Å². The number of para-hydroxylation sites is 1. The van der Waals surface area contributed by atoms with Crippen molar-refractivity contribution in [1.82, 2.24) is 9.62 Å². The third kappa shape index (κ3) is 4.95. The van der Waals surface area contributed by atoms with Gasteiger partial charge in [-0.25, -0.2) is 8.42 Å². The summed E-state index contributed by atoms with van der Waals surface area (Å²) < 4.78 is 43.4. The predicted octanol–water partition coefficient (Wildman–Crippen LogP) is 0.758. The zero-order valence-electron chi connectivity index (χ0n) is 18.2. The smallest absolute Gasteiger partial charge is 0.265 e. The van der Waals surface area contributed by atoms with Crippen LogP contribution in [-0.2, 0) is 30.9 Å². The van der Waals surface area contributed by atoms with Crippen molar-refractivity contribution in [2.75, 3.05) is 51.5 Å². The van der Waals surface area contributed by atoms with E-state index >= 15 is 0 Å². The standard InChI is InChI=1S/C22H25N3O7S/c1-30-19-5-3-2-4-16(19)13-23-21(26)14-25-18-12-17(6-7-20(18)32-15-22(25)27)33(28,29)24-8-10-31-11-9-24/h2-7,12H,8-11,13-15H2,1H3,(H,23,26). The summed E-state index contributed by atoms with van der Waals surface area (Å²) in [6.45, 7) is 0.871. The Kier molecular flexibility index (Phi) is 6.82. The Morgan fingerprint density at radius 3 is 2.67 bits per heavy atom. The van der Waals surface area contributed by atoms with Crippen LogP contribution in [0.15, 0.2) is 47.4 Å². The molecule has 2 aliphatic rings. The van der Waals surface area contributed by atoms with E-state index in [9.17, 15) is 18.0 Å². The van der Waals surface area contributed by atoms with Crippen molar-refractivity contribution in [2.45, 2.75) is 11.4 Å². The molecule has 2 amide bonds. The number of benzene rings is 2. The van der Waals surface area contributed by atoms with Crippen LogP contribution in [0.25, 0.3) is 0 Å². The van der Waals surface area contributed by atoms with Gasteiger partial charge in [0.25, 0.3) is 5.91 Å². The lowest BCUT2D eigenvalue weighted by Gasteiger charge is -2.30. The third-order valence-corrected chi connectivity index (χ3v) is 7.35. The molecule has 10 nitrogen and oxygen atoms in total. The van der Waals surface area contributed by atoms with Gasteiger partial charge in [0.2, 0.25) is 15.9 Å². The molecule has 2 aromatic rings. The Labute approximate surface area is 192 Å². The number of hydrogen-bond acceptors (Lipinski definition) is 7. The molecule has 0 bridgehead atoms. The maximum Gasteiger partial charge on any atom is 0.265 e. The second-order valence-electron chi connectivity index (χ2n) is 7.50. The number of anilines is 1. The number of nitrogens with zero attached hydrogens (tertiary/aromatic N) is 2. The van der Waals surface area contributed by atoms with Crippen LogP contribution in [0.1, 0.15) is 5.56 Å². The van der Waals surface area contributed by atoms with Gasteiger partial charge in [0.1, 0.15) is 18.0 Å². The van der Waals surface area contributed by atoms with Gasteiger partial charge in [-0.3, -0.25) is 14.5 Å². The zero-order valence-corrected chi connectivity index (χ0v) is 19.0. The largest absolute Gasteiger partial charge is 0.496 e. The lowest BCUT2D eigenvalue weighted by molar-refractivity contribution is -0.125. The Hall–Kier alpha value is -3.15. The molecule has 0 aromatic heterocycles. The highest BCUT2D eigenvalue weighted by atomic mass is 32.2. The maximum absolute atomic E-state index is 13.0. The molecule has 1 fully saturated rings. The van der Waals surface area contributed by atoms with Crippen molar-refractivity contribution in [3.8, 4) is 11.5 Å². The van der Waals surface area contributed by atoms with E-state index in [2.05, 4.69) is 5.32 Å². The molecule has 0 radical (unpaired) electrons. The molecule has 0 saturated carbocycles. The van der Waals surface area contributed by atoms with Crippen molar-refractivity contribution in [2.24, 2.45) is 0 Å². The van der Waals surface area contributed by atoms with Crippen LogP contribution in [-0.4, -0.2) is 71.1 Å². The number of fused-ring (bicyclic) bond motifs is 1. The van der Waals surface area contributed by atoms with E-state index in [4.69, 9.17) is 14.2 Å². The lowest BCUT2D eigenvalue weighted by Crippen LogP contribution is -2.45. The number of methoxy groups -OCH3 is 1. The van der Waals surface area contributed by atoms with Crippen molar-refractivity contribution in [1.29, 1.82) is 0 Å². The highest BCUT2D eigenvalue weighted by Gasteiger charge is 2.32. The Morgan fingerprint density at radius 2 is 1.91 bits per heavy atom. The summed E-state index contributed by atoms with van der Waals surface area (Å²) in [5.74, 6) is 0.149. The van der Waals surface area contributed by atoms with E-state index in [1.54, 1.807) is 13.2 Å². The van der Waals surface area contributed by atoms with Gasteiger partial charge in [-0.1, -0.05) is 18.2 Å². The van der Waals surface area contributed by atoms with Gasteiger partial charge in [0.05, 0.1) is 30.9 Å². The Bertz CT molecular complexity index is 1150. The summed E-state index contributed by atoms with van der Waals surface area (Å²) in [4.78, 5) is 26.5. The van der Waals surface area contributed by atoms with Crippen molar-refractivity contribution < 1.29 is 32.2 Å². The second-order valence-corrected chi connectivity index (χ2v) is 9.44. The molecule has 2 aromatic carbocycles. The van der Waals surface area contributed by atoms with Gasteiger partial charge >= 0.3 is 0 Å². The number of carbonyl (C=O) groups excluding carboxylic acids is 2. The third-order valence-electron chi connectivity index (χ3n) is 5.45. The van der Waals surface area contributed by atoms with Gasteiger partial charge in [-0.15, -0.1) is 0 Å². The van der Waals surface area contributed by atoms with E-state index in [-0.39, 0.29) is 43.4 Å². The van der Waals surface area contributed by atoms with Gasteiger partial charge in [-0.05, 0) is 24.3 Å². The summed E-state index contributed by atoms with van der Waals surface area (Å²) in [6, 6.07) is 11.6. The first kappa shape index (κ1) is 23.0. The lowest BCUT2D eigenvalue weighted by atomic mass is 10.2. The minimum Gasteiger partial charge on any atom is -0.496 e. The molecule has 0 spiro atoms. The van der Waals surface area contributed by atoms with Crippen LogP contribution in [0.3, 0.4) is 0 Å². The number of hydrogen-bond donors (Lipinski definition) is 1. The fraction of sp³-hybridized carbons (Fsp3) is 0.364. The molecule has 1 N–H and O–H groups in total. The molecule has 0 atom stereocenters. The molecule has 0 aliphatic carbocycles. The van der Waals surface area contributed by atoms with Crippen LogP contribution in [0.5, 0.6) is 11.5 Å². The quantitative estimate of drug-likeness (QED) is 0.629. The number of nitrogens with one attached hydrogen (secondary N) is 1. The average molecular weight is 476 g/mol. The summed E-state index contributed by atoms with van der Waals surface area (Å²) in [5.41, 5.74) is 1.04. The molecule has 2 heterocycles. The summed E-state index contributed by atoms with van der Waals surface area (Å²) in [5, 5.41) is 2.77. The average Bonchev–Trinajstić information content (AvgIpc) is 2.85. The van der Waals surface area contributed by atoms with E-state index in [1.165, 1.54) is 27.4 Å². The normalized spacial score (nSPS) is 16.6. The van der Waals surface area contributed by atoms with E-state index in [0.717, 1.165) is 5.56 Å². The first-order valence-electron chi connectivity index (χ1n) is 10.4. The minimum absolute atomic E-state index is 0.0286. The monoisotopic (exact) mass is 475 g/mol. The highest BCUT2D eigenvalue weighted by Crippen LogP contribution is 2.35. The Balaban J connectivity index is 1.52. The number of carbonyl (C=O) groups is 2. The fourth-order valence-electron chi connectivity index (χ4n) is 3.69. The molecular weight excluding hydrogens is 450 g/mol. The van der Waals surface area contributed by atoms with Crippen molar-refractivity contribution in [3.05, 3.63) is 48.0 Å². The van der Waals surface area contributed by atoms with Crippen LogP contribution in [0.4, 0.5) is 5.69 Å².